The Kier molecular flexibility index (Phi) is 3.02. The minimum absolute atomic E-state index is 0.0390. The lowest BCUT2D eigenvalue weighted by atomic mass is 10.2. The summed E-state index contributed by atoms with van der Waals surface area (Å²) in [5.41, 5.74) is 0.554. The van der Waals surface area contributed by atoms with Crippen molar-refractivity contribution in [2.75, 3.05) is 0 Å². The molecule has 2 rings (SSSR count). The Morgan fingerprint density at radius 1 is 1.39 bits per heavy atom. The summed E-state index contributed by atoms with van der Waals surface area (Å²) in [7, 11) is 0. The molecule has 0 aliphatic carbocycles. The first-order chi connectivity index (χ1) is 8.40. The molecular weight excluding hydrogens is 242 g/mol. The van der Waals surface area contributed by atoms with E-state index in [1.165, 1.54) is 4.57 Å². The lowest BCUT2D eigenvalue weighted by molar-refractivity contribution is -0.137. The highest BCUT2D eigenvalue weighted by Crippen LogP contribution is 2.24. The molecule has 18 heavy (non-hydrogen) atoms. The highest BCUT2D eigenvalue weighted by Gasteiger charge is 2.17. The molecule has 96 valence electrons. The average Bonchev–Trinajstić information content (AvgIpc) is 2.57. The number of nitrogens with zero attached hydrogens (tertiary/aromatic N) is 2. The molecule has 0 atom stereocenters. The molecule has 1 aromatic carbocycles. The summed E-state index contributed by atoms with van der Waals surface area (Å²) in [4.78, 5) is 15.0. The van der Waals surface area contributed by atoms with Crippen LogP contribution in [0.15, 0.2) is 12.1 Å². The fourth-order valence-electron chi connectivity index (χ4n) is 1.88. The van der Waals surface area contributed by atoms with Crippen LogP contribution in [0, 0.1) is 11.6 Å². The van der Waals surface area contributed by atoms with Crippen LogP contribution in [-0.2, 0) is 11.3 Å². The summed E-state index contributed by atoms with van der Waals surface area (Å²) in [6.45, 7) is 3.35. The Bertz CT molecular complexity index is 620. The number of carboxylic acid groups (broad SMARTS) is 1. The molecule has 0 bridgehead atoms. The van der Waals surface area contributed by atoms with Crippen molar-refractivity contribution in [2.45, 2.75) is 26.3 Å². The van der Waals surface area contributed by atoms with E-state index >= 15 is 0 Å². The van der Waals surface area contributed by atoms with E-state index in [0.717, 1.165) is 12.1 Å². The Balaban J connectivity index is 2.72. The van der Waals surface area contributed by atoms with Gasteiger partial charge in [0.05, 0.1) is 11.0 Å². The largest absolute Gasteiger partial charge is 0.480 e. The normalized spacial score (nSPS) is 11.4. The maximum Gasteiger partial charge on any atom is 0.323 e. The van der Waals surface area contributed by atoms with Crippen LogP contribution in [0.1, 0.15) is 25.6 Å². The molecule has 0 saturated heterocycles. The molecule has 2 aromatic rings. The van der Waals surface area contributed by atoms with Gasteiger partial charge in [-0.2, -0.15) is 0 Å². The number of hydrogen-bond acceptors (Lipinski definition) is 2. The first-order valence-electron chi connectivity index (χ1n) is 5.47. The summed E-state index contributed by atoms with van der Waals surface area (Å²) >= 11 is 0. The van der Waals surface area contributed by atoms with Crippen LogP contribution >= 0.6 is 0 Å². The van der Waals surface area contributed by atoms with E-state index in [-0.39, 0.29) is 18.0 Å². The zero-order chi connectivity index (χ0) is 13.4. The molecular formula is C12H12F2N2O2. The molecule has 4 nitrogen and oxygen atoms in total. The number of carbonyl (C=O) groups is 1. The molecule has 0 aliphatic heterocycles. The van der Waals surface area contributed by atoms with Crippen LogP contribution in [0.25, 0.3) is 11.0 Å². The van der Waals surface area contributed by atoms with Gasteiger partial charge in [0.25, 0.3) is 0 Å². The second-order valence-electron chi connectivity index (χ2n) is 4.36. The van der Waals surface area contributed by atoms with Crippen LogP contribution in [0.2, 0.25) is 0 Å². The molecule has 0 amide bonds. The van der Waals surface area contributed by atoms with Gasteiger partial charge in [0, 0.05) is 18.1 Å². The number of aromatic nitrogens is 2. The highest BCUT2D eigenvalue weighted by atomic mass is 19.2. The van der Waals surface area contributed by atoms with Gasteiger partial charge in [-0.25, -0.2) is 13.8 Å². The quantitative estimate of drug-likeness (QED) is 0.915. The summed E-state index contributed by atoms with van der Waals surface area (Å²) in [6, 6.07) is 1.96. The molecule has 1 aromatic heterocycles. The van der Waals surface area contributed by atoms with Crippen LogP contribution in [0.5, 0.6) is 0 Å². The minimum atomic E-state index is -1.05. The number of imidazole rings is 1. The topological polar surface area (TPSA) is 55.1 Å². The number of halogens is 2. The third-order valence-corrected chi connectivity index (χ3v) is 2.63. The van der Waals surface area contributed by atoms with E-state index in [0.29, 0.717) is 11.3 Å². The molecule has 0 spiro atoms. The number of carboxylic acids is 1. The van der Waals surface area contributed by atoms with E-state index in [2.05, 4.69) is 4.98 Å². The Hall–Kier alpha value is -1.98. The van der Waals surface area contributed by atoms with Crippen molar-refractivity contribution >= 4 is 17.0 Å². The van der Waals surface area contributed by atoms with Crippen LogP contribution < -0.4 is 0 Å². The van der Waals surface area contributed by atoms with Crippen molar-refractivity contribution < 1.29 is 18.7 Å². The van der Waals surface area contributed by atoms with E-state index in [9.17, 15) is 13.6 Å². The average molecular weight is 254 g/mol. The standard InChI is InChI=1S/C12H12F2N2O2/c1-6(2)12-15-9-3-7(13)8(14)4-10(9)16(12)5-11(17)18/h3-4,6H,5H2,1-2H3,(H,17,18). The Labute approximate surface area is 102 Å². The molecule has 0 radical (unpaired) electrons. The monoisotopic (exact) mass is 254 g/mol. The third-order valence-electron chi connectivity index (χ3n) is 2.63. The zero-order valence-corrected chi connectivity index (χ0v) is 9.94. The summed E-state index contributed by atoms with van der Waals surface area (Å²) in [5, 5.41) is 8.86. The number of rotatable bonds is 3. The van der Waals surface area contributed by atoms with Crippen molar-refractivity contribution in [1.29, 1.82) is 0 Å². The van der Waals surface area contributed by atoms with Crippen molar-refractivity contribution in [3.05, 3.63) is 29.6 Å². The SMILES string of the molecule is CC(C)c1nc2cc(F)c(F)cc2n1CC(=O)O. The predicted molar refractivity (Wildman–Crippen MR) is 61.4 cm³/mol. The highest BCUT2D eigenvalue weighted by molar-refractivity contribution is 5.78. The summed E-state index contributed by atoms with van der Waals surface area (Å²) < 4.78 is 27.7. The van der Waals surface area contributed by atoms with Gasteiger partial charge in [0.15, 0.2) is 11.6 Å². The zero-order valence-electron chi connectivity index (χ0n) is 9.94. The van der Waals surface area contributed by atoms with Crippen LogP contribution in [-0.4, -0.2) is 20.6 Å². The fraction of sp³-hybridized carbons (Fsp3) is 0.333. The van der Waals surface area contributed by atoms with Gasteiger partial charge in [0.2, 0.25) is 0 Å². The minimum Gasteiger partial charge on any atom is -0.480 e. The predicted octanol–water partition coefficient (Wildman–Crippen LogP) is 2.52. The number of aliphatic carboxylic acids is 1. The Morgan fingerprint density at radius 3 is 2.56 bits per heavy atom. The number of hydrogen-bond donors (Lipinski definition) is 1. The van der Waals surface area contributed by atoms with Gasteiger partial charge in [0.1, 0.15) is 12.4 Å². The van der Waals surface area contributed by atoms with Gasteiger partial charge in [-0.05, 0) is 0 Å². The number of fused-ring (bicyclic) bond motifs is 1. The molecule has 6 heteroatoms. The van der Waals surface area contributed by atoms with Crippen molar-refractivity contribution in [3.63, 3.8) is 0 Å². The van der Waals surface area contributed by atoms with E-state index in [1.54, 1.807) is 0 Å². The third kappa shape index (κ3) is 2.05. The molecule has 0 fully saturated rings. The smallest absolute Gasteiger partial charge is 0.323 e. The van der Waals surface area contributed by atoms with E-state index in [4.69, 9.17) is 5.11 Å². The van der Waals surface area contributed by atoms with Crippen LogP contribution in [0.4, 0.5) is 8.78 Å². The molecule has 1 heterocycles. The van der Waals surface area contributed by atoms with Crippen molar-refractivity contribution in [2.24, 2.45) is 0 Å². The molecule has 1 N–H and O–H groups in total. The van der Waals surface area contributed by atoms with E-state index < -0.39 is 17.6 Å². The molecule has 0 aliphatic rings. The maximum absolute atomic E-state index is 13.2. The van der Waals surface area contributed by atoms with Crippen LogP contribution in [0.3, 0.4) is 0 Å². The Morgan fingerprint density at radius 2 is 2.00 bits per heavy atom. The lowest BCUT2D eigenvalue weighted by Crippen LogP contribution is -2.12. The first kappa shape index (κ1) is 12.5. The van der Waals surface area contributed by atoms with Crippen molar-refractivity contribution in [3.8, 4) is 0 Å². The second-order valence-corrected chi connectivity index (χ2v) is 4.36. The van der Waals surface area contributed by atoms with Gasteiger partial charge in [-0.1, -0.05) is 13.8 Å². The van der Waals surface area contributed by atoms with Gasteiger partial charge in [-0.3, -0.25) is 4.79 Å². The first-order valence-corrected chi connectivity index (χ1v) is 5.47. The summed E-state index contributed by atoms with van der Waals surface area (Å²) in [6.07, 6.45) is 0. The molecule has 0 unspecified atom stereocenters. The van der Waals surface area contributed by atoms with Gasteiger partial charge >= 0.3 is 5.97 Å². The second kappa shape index (κ2) is 4.36. The lowest BCUT2D eigenvalue weighted by Gasteiger charge is -2.08. The van der Waals surface area contributed by atoms with E-state index in [1.807, 2.05) is 13.8 Å². The molecule has 0 saturated carbocycles. The maximum atomic E-state index is 13.2. The van der Waals surface area contributed by atoms with Gasteiger partial charge < -0.3 is 9.67 Å². The fourth-order valence-corrected chi connectivity index (χ4v) is 1.88. The number of benzene rings is 1. The van der Waals surface area contributed by atoms with Gasteiger partial charge in [-0.15, -0.1) is 0 Å². The summed E-state index contributed by atoms with van der Waals surface area (Å²) in [5.74, 6) is -2.59. The van der Waals surface area contributed by atoms with Crippen molar-refractivity contribution in [1.82, 2.24) is 9.55 Å².